The van der Waals surface area contributed by atoms with Gasteiger partial charge in [-0.15, -0.1) is 24.0 Å². The molecule has 0 radical (unpaired) electrons. The first kappa shape index (κ1) is 22.0. The fourth-order valence-electron chi connectivity index (χ4n) is 3.51. The van der Waals surface area contributed by atoms with Crippen molar-refractivity contribution in [1.29, 1.82) is 0 Å². The Kier molecular flexibility index (Phi) is 9.77. The highest BCUT2D eigenvalue weighted by atomic mass is 127. The highest BCUT2D eigenvalue weighted by molar-refractivity contribution is 14.0. The number of halogens is 1. The lowest BCUT2D eigenvalue weighted by atomic mass is 10.2. The van der Waals surface area contributed by atoms with Gasteiger partial charge in [-0.1, -0.05) is 12.1 Å². The Morgan fingerprint density at radius 3 is 2.58 bits per heavy atom. The number of hydrogen-bond donors (Lipinski definition) is 2. The molecule has 2 aliphatic rings. The molecule has 2 N–H and O–H groups in total. The normalized spacial score (nSPS) is 23.5. The number of thioether (sulfide) groups is 2. The van der Waals surface area contributed by atoms with Crippen molar-refractivity contribution in [2.45, 2.75) is 37.1 Å². The fourth-order valence-corrected chi connectivity index (χ4v) is 5.20. The highest BCUT2D eigenvalue weighted by Crippen LogP contribution is 2.28. The van der Waals surface area contributed by atoms with Gasteiger partial charge >= 0.3 is 0 Å². The molecule has 1 saturated carbocycles. The molecule has 0 aromatic heterocycles. The maximum absolute atomic E-state index is 4.39. The standard InChI is InChI=1S/C19H30N4S2.HI/c1-20-19(22-16-5-8-18(13-16)24-2)21-14-15-3-6-17(7-4-15)23-9-11-25-12-10-23;/h3-4,6-7,16,18H,5,8-14H2,1-2H3,(H2,20,21,22);1H. The number of aliphatic imine (C=N–C) groups is 1. The zero-order chi connectivity index (χ0) is 17.5. The van der Waals surface area contributed by atoms with Gasteiger partial charge in [0.15, 0.2) is 5.96 Å². The van der Waals surface area contributed by atoms with Gasteiger partial charge in [-0.05, 0) is 43.2 Å². The quantitative estimate of drug-likeness (QED) is 0.361. The molecular weight excluding hydrogens is 475 g/mol. The average molecular weight is 507 g/mol. The molecule has 0 amide bonds. The Morgan fingerprint density at radius 1 is 1.23 bits per heavy atom. The third kappa shape index (κ3) is 6.41. The molecule has 2 fully saturated rings. The number of guanidine groups is 1. The summed E-state index contributed by atoms with van der Waals surface area (Å²) in [6.45, 7) is 3.14. The number of nitrogens with one attached hydrogen (secondary N) is 2. The summed E-state index contributed by atoms with van der Waals surface area (Å²) >= 11 is 4.04. The van der Waals surface area contributed by atoms with Gasteiger partial charge in [-0.3, -0.25) is 4.99 Å². The first-order chi connectivity index (χ1) is 12.3. The van der Waals surface area contributed by atoms with Crippen LogP contribution in [0, 0.1) is 0 Å². The monoisotopic (exact) mass is 506 g/mol. The molecule has 0 spiro atoms. The second kappa shape index (κ2) is 11.5. The van der Waals surface area contributed by atoms with E-state index in [2.05, 4.69) is 62.8 Å². The van der Waals surface area contributed by atoms with Crippen molar-refractivity contribution >= 4 is 59.1 Å². The molecule has 146 valence electrons. The van der Waals surface area contributed by atoms with Crippen LogP contribution in [0.3, 0.4) is 0 Å². The van der Waals surface area contributed by atoms with E-state index in [1.54, 1.807) is 0 Å². The van der Waals surface area contributed by atoms with Gasteiger partial charge in [0.25, 0.3) is 0 Å². The van der Waals surface area contributed by atoms with Crippen LogP contribution in [0.25, 0.3) is 0 Å². The van der Waals surface area contributed by atoms with E-state index >= 15 is 0 Å². The molecule has 2 atom stereocenters. The van der Waals surface area contributed by atoms with E-state index in [-0.39, 0.29) is 24.0 Å². The molecule has 0 bridgehead atoms. The molecular formula is C19H31IN4S2. The Hall–Kier alpha value is -0.280. The second-order valence-corrected chi connectivity index (χ2v) is 9.07. The summed E-state index contributed by atoms with van der Waals surface area (Å²) in [5.41, 5.74) is 2.65. The first-order valence-electron chi connectivity index (χ1n) is 9.20. The van der Waals surface area contributed by atoms with Crippen molar-refractivity contribution < 1.29 is 0 Å². The van der Waals surface area contributed by atoms with Crippen molar-refractivity contribution in [3.05, 3.63) is 29.8 Å². The van der Waals surface area contributed by atoms with Crippen LogP contribution in [0.15, 0.2) is 29.3 Å². The largest absolute Gasteiger partial charge is 0.370 e. The molecule has 1 aromatic rings. The number of hydrogen-bond acceptors (Lipinski definition) is 4. The zero-order valence-electron chi connectivity index (χ0n) is 15.7. The van der Waals surface area contributed by atoms with E-state index in [4.69, 9.17) is 0 Å². The summed E-state index contributed by atoms with van der Waals surface area (Å²) in [7, 11) is 1.85. The fraction of sp³-hybridized carbons (Fsp3) is 0.632. The van der Waals surface area contributed by atoms with Crippen LogP contribution in [-0.4, -0.2) is 55.1 Å². The van der Waals surface area contributed by atoms with Crippen molar-refractivity contribution in [3.63, 3.8) is 0 Å². The number of rotatable bonds is 5. The summed E-state index contributed by atoms with van der Waals surface area (Å²) in [6.07, 6.45) is 6.01. The van der Waals surface area contributed by atoms with E-state index in [1.807, 2.05) is 18.8 Å². The molecule has 2 unspecified atom stereocenters. The zero-order valence-corrected chi connectivity index (χ0v) is 19.7. The van der Waals surface area contributed by atoms with Gasteiger partial charge in [0.2, 0.25) is 0 Å². The Bertz CT molecular complexity index is 561. The van der Waals surface area contributed by atoms with Crippen LogP contribution in [0.4, 0.5) is 5.69 Å². The predicted octanol–water partition coefficient (Wildman–Crippen LogP) is 3.81. The van der Waals surface area contributed by atoms with Crippen molar-refractivity contribution in [1.82, 2.24) is 10.6 Å². The smallest absolute Gasteiger partial charge is 0.191 e. The summed E-state index contributed by atoms with van der Waals surface area (Å²) in [6, 6.07) is 9.53. The van der Waals surface area contributed by atoms with Gasteiger partial charge in [0.1, 0.15) is 0 Å². The summed E-state index contributed by atoms with van der Waals surface area (Å²) in [5, 5.41) is 7.84. The van der Waals surface area contributed by atoms with Crippen LogP contribution in [-0.2, 0) is 6.54 Å². The molecule has 1 aliphatic carbocycles. The van der Waals surface area contributed by atoms with Crippen LogP contribution in [0.1, 0.15) is 24.8 Å². The number of anilines is 1. The summed E-state index contributed by atoms with van der Waals surface area (Å²) in [4.78, 5) is 6.87. The minimum absolute atomic E-state index is 0. The van der Waals surface area contributed by atoms with E-state index < -0.39 is 0 Å². The molecule has 1 saturated heterocycles. The van der Waals surface area contributed by atoms with Gasteiger partial charge < -0.3 is 15.5 Å². The van der Waals surface area contributed by atoms with Crippen LogP contribution < -0.4 is 15.5 Å². The predicted molar refractivity (Wildman–Crippen MR) is 130 cm³/mol. The third-order valence-electron chi connectivity index (χ3n) is 5.05. The molecule has 7 heteroatoms. The lowest BCUT2D eigenvalue weighted by Crippen LogP contribution is -2.42. The van der Waals surface area contributed by atoms with Crippen molar-refractivity contribution in [2.24, 2.45) is 4.99 Å². The summed E-state index contributed by atoms with van der Waals surface area (Å²) in [5.74, 6) is 3.40. The Morgan fingerprint density at radius 2 is 1.96 bits per heavy atom. The average Bonchev–Trinajstić information content (AvgIpc) is 3.14. The van der Waals surface area contributed by atoms with E-state index in [0.29, 0.717) is 6.04 Å². The van der Waals surface area contributed by atoms with Crippen molar-refractivity contribution in [2.75, 3.05) is 42.8 Å². The summed E-state index contributed by atoms with van der Waals surface area (Å²) < 4.78 is 0. The van der Waals surface area contributed by atoms with Crippen LogP contribution in [0.5, 0.6) is 0 Å². The maximum atomic E-state index is 4.39. The SMILES string of the molecule is CN=C(NCc1ccc(N2CCSCC2)cc1)NC1CCC(SC)C1.I. The third-order valence-corrected chi connectivity index (χ3v) is 7.09. The molecule has 1 aliphatic heterocycles. The highest BCUT2D eigenvalue weighted by Gasteiger charge is 2.24. The Balaban J connectivity index is 0.00000243. The number of nitrogens with zero attached hydrogens (tertiary/aromatic N) is 2. The van der Waals surface area contributed by atoms with Gasteiger partial charge in [0, 0.05) is 55.2 Å². The molecule has 1 heterocycles. The van der Waals surface area contributed by atoms with E-state index in [0.717, 1.165) is 30.8 Å². The molecule has 3 rings (SSSR count). The lowest BCUT2D eigenvalue weighted by molar-refractivity contribution is 0.614. The minimum atomic E-state index is 0. The Labute approximate surface area is 183 Å². The van der Waals surface area contributed by atoms with Gasteiger partial charge in [-0.2, -0.15) is 23.5 Å². The molecule has 26 heavy (non-hydrogen) atoms. The molecule has 4 nitrogen and oxygen atoms in total. The lowest BCUT2D eigenvalue weighted by Gasteiger charge is -2.28. The maximum Gasteiger partial charge on any atom is 0.191 e. The number of benzene rings is 1. The second-order valence-electron chi connectivity index (χ2n) is 6.70. The first-order valence-corrected chi connectivity index (χ1v) is 11.6. The minimum Gasteiger partial charge on any atom is -0.370 e. The van der Waals surface area contributed by atoms with Crippen LogP contribution >= 0.6 is 47.5 Å². The van der Waals surface area contributed by atoms with E-state index in [9.17, 15) is 0 Å². The van der Waals surface area contributed by atoms with Gasteiger partial charge in [-0.25, -0.2) is 0 Å². The topological polar surface area (TPSA) is 39.7 Å². The van der Waals surface area contributed by atoms with Gasteiger partial charge in [0.05, 0.1) is 0 Å². The van der Waals surface area contributed by atoms with E-state index in [1.165, 1.54) is 42.0 Å². The van der Waals surface area contributed by atoms with Crippen LogP contribution in [0.2, 0.25) is 0 Å². The van der Waals surface area contributed by atoms with Crippen molar-refractivity contribution in [3.8, 4) is 0 Å². The molecule has 1 aromatic carbocycles.